The topological polar surface area (TPSA) is 90.9 Å². The molecule has 0 heterocycles. The SMILES string of the molecule is CCCCCCCCCc1ccc(OCCOCCOCCOCCOCCOCCOCCOC(=O)CCCCC)cc1. The van der Waals surface area contributed by atoms with Gasteiger partial charge in [0.25, 0.3) is 0 Å². The number of hydrogen-bond donors (Lipinski definition) is 0. The van der Waals surface area contributed by atoms with Crippen LogP contribution in [-0.2, 0) is 44.4 Å². The second-order valence-corrected chi connectivity index (χ2v) is 10.7. The molecule has 0 aromatic heterocycles. The van der Waals surface area contributed by atoms with Crippen LogP contribution in [0.1, 0.15) is 90.0 Å². The van der Waals surface area contributed by atoms with E-state index in [1.165, 1.54) is 50.5 Å². The van der Waals surface area contributed by atoms with Crippen molar-refractivity contribution in [2.45, 2.75) is 90.9 Å². The molecule has 0 aliphatic rings. The van der Waals surface area contributed by atoms with Gasteiger partial charge in [-0.15, -0.1) is 0 Å². The molecule has 1 aromatic rings. The lowest BCUT2D eigenvalue weighted by molar-refractivity contribution is -0.145. The quantitative estimate of drug-likeness (QED) is 0.0621. The van der Waals surface area contributed by atoms with E-state index in [1.807, 2.05) is 0 Å². The van der Waals surface area contributed by atoms with Gasteiger partial charge >= 0.3 is 5.97 Å². The standard InChI is InChI=1S/C35H62O9/c1-3-5-7-8-9-10-12-13-33-15-17-34(18-16-33)43-31-29-41-27-25-39-23-21-37-19-20-38-22-24-40-26-28-42-30-32-44-35(36)14-11-6-4-2/h15-18H,3-14,19-32H2,1-2H3. The summed E-state index contributed by atoms with van der Waals surface area (Å²) in [6.07, 6.45) is 14.0. The number of rotatable bonds is 34. The number of ether oxygens (including phenoxy) is 8. The monoisotopic (exact) mass is 626 g/mol. The van der Waals surface area contributed by atoms with E-state index in [4.69, 9.17) is 37.9 Å². The lowest BCUT2D eigenvalue weighted by Gasteiger charge is -2.09. The molecule has 9 heteroatoms. The summed E-state index contributed by atoms with van der Waals surface area (Å²) in [6.45, 7) is 11.1. The molecule has 0 bridgehead atoms. The second-order valence-electron chi connectivity index (χ2n) is 10.7. The van der Waals surface area contributed by atoms with E-state index in [1.54, 1.807) is 0 Å². The van der Waals surface area contributed by atoms with Crippen LogP contribution in [0, 0.1) is 0 Å². The van der Waals surface area contributed by atoms with E-state index in [0.717, 1.165) is 31.4 Å². The molecule has 1 rings (SSSR count). The Balaban J connectivity index is 1.75. The zero-order chi connectivity index (χ0) is 31.6. The third-order valence-electron chi connectivity index (χ3n) is 6.82. The van der Waals surface area contributed by atoms with E-state index in [2.05, 4.69) is 38.1 Å². The number of esters is 1. The van der Waals surface area contributed by atoms with Crippen molar-refractivity contribution in [1.29, 1.82) is 0 Å². The van der Waals surface area contributed by atoms with Gasteiger partial charge in [0.15, 0.2) is 0 Å². The van der Waals surface area contributed by atoms with Crippen molar-refractivity contribution in [3.8, 4) is 5.75 Å². The highest BCUT2D eigenvalue weighted by atomic mass is 16.6. The minimum Gasteiger partial charge on any atom is -0.491 e. The van der Waals surface area contributed by atoms with Gasteiger partial charge in [0, 0.05) is 6.42 Å². The van der Waals surface area contributed by atoms with Crippen molar-refractivity contribution in [2.75, 3.05) is 92.5 Å². The predicted octanol–water partition coefficient (Wildman–Crippen LogP) is 6.58. The van der Waals surface area contributed by atoms with Gasteiger partial charge in [-0.3, -0.25) is 4.79 Å². The third kappa shape index (κ3) is 27.8. The fourth-order valence-electron chi connectivity index (χ4n) is 4.26. The minimum absolute atomic E-state index is 0.153. The maximum absolute atomic E-state index is 11.5. The highest BCUT2D eigenvalue weighted by Crippen LogP contribution is 2.15. The first kappa shape index (κ1) is 40.3. The minimum atomic E-state index is -0.153. The second kappa shape index (κ2) is 32.6. The Labute approximate surface area is 267 Å². The molecule has 0 fully saturated rings. The Kier molecular flexibility index (Phi) is 29.9. The van der Waals surface area contributed by atoms with Crippen LogP contribution in [0.4, 0.5) is 0 Å². The molecule has 0 atom stereocenters. The molecule has 0 saturated carbocycles. The molecule has 0 amide bonds. The van der Waals surface area contributed by atoms with Crippen LogP contribution in [0.25, 0.3) is 0 Å². The zero-order valence-electron chi connectivity index (χ0n) is 27.9. The van der Waals surface area contributed by atoms with Crippen LogP contribution >= 0.6 is 0 Å². The fourth-order valence-corrected chi connectivity index (χ4v) is 4.26. The number of carbonyl (C=O) groups is 1. The summed E-state index contributed by atoms with van der Waals surface area (Å²) in [4.78, 5) is 11.5. The summed E-state index contributed by atoms with van der Waals surface area (Å²) >= 11 is 0. The summed E-state index contributed by atoms with van der Waals surface area (Å²) < 4.78 is 43.8. The lowest BCUT2D eigenvalue weighted by atomic mass is 10.0. The van der Waals surface area contributed by atoms with Gasteiger partial charge in [0.05, 0.1) is 79.3 Å². The first-order chi connectivity index (χ1) is 21.8. The molecule has 0 aliphatic heterocycles. The third-order valence-corrected chi connectivity index (χ3v) is 6.82. The molecule has 0 radical (unpaired) electrons. The van der Waals surface area contributed by atoms with Crippen molar-refractivity contribution in [1.82, 2.24) is 0 Å². The van der Waals surface area contributed by atoms with E-state index in [9.17, 15) is 4.79 Å². The Bertz CT molecular complexity index is 729. The molecular weight excluding hydrogens is 564 g/mol. The first-order valence-corrected chi connectivity index (χ1v) is 17.1. The van der Waals surface area contributed by atoms with Crippen molar-refractivity contribution in [2.24, 2.45) is 0 Å². The lowest BCUT2D eigenvalue weighted by Crippen LogP contribution is -2.15. The number of benzene rings is 1. The van der Waals surface area contributed by atoms with Crippen molar-refractivity contribution >= 4 is 5.97 Å². The van der Waals surface area contributed by atoms with Gasteiger partial charge in [0.1, 0.15) is 19.0 Å². The summed E-state index contributed by atoms with van der Waals surface area (Å²) in [5.41, 5.74) is 1.38. The number of hydrogen-bond acceptors (Lipinski definition) is 9. The number of unbranched alkanes of at least 4 members (excludes halogenated alkanes) is 8. The van der Waals surface area contributed by atoms with E-state index >= 15 is 0 Å². The van der Waals surface area contributed by atoms with Crippen LogP contribution in [0.5, 0.6) is 5.75 Å². The largest absolute Gasteiger partial charge is 0.491 e. The van der Waals surface area contributed by atoms with Crippen molar-refractivity contribution in [3.05, 3.63) is 29.8 Å². The Morgan fingerprint density at radius 3 is 1.39 bits per heavy atom. The van der Waals surface area contributed by atoms with Crippen LogP contribution in [0.3, 0.4) is 0 Å². The Hall–Kier alpha value is -1.75. The highest BCUT2D eigenvalue weighted by Gasteiger charge is 2.02. The molecule has 44 heavy (non-hydrogen) atoms. The van der Waals surface area contributed by atoms with Gasteiger partial charge in [0.2, 0.25) is 0 Å². The van der Waals surface area contributed by atoms with Crippen LogP contribution < -0.4 is 4.74 Å². The van der Waals surface area contributed by atoms with Crippen LogP contribution in [0.15, 0.2) is 24.3 Å². The smallest absolute Gasteiger partial charge is 0.305 e. The molecule has 0 saturated heterocycles. The van der Waals surface area contributed by atoms with Gasteiger partial charge in [-0.25, -0.2) is 0 Å². The highest BCUT2D eigenvalue weighted by molar-refractivity contribution is 5.69. The molecular formula is C35H62O9. The van der Waals surface area contributed by atoms with Crippen molar-refractivity contribution < 1.29 is 42.7 Å². The molecule has 0 spiro atoms. The molecule has 0 N–H and O–H groups in total. The predicted molar refractivity (Wildman–Crippen MR) is 174 cm³/mol. The van der Waals surface area contributed by atoms with E-state index in [-0.39, 0.29) is 12.6 Å². The van der Waals surface area contributed by atoms with Gasteiger partial charge in [-0.2, -0.15) is 0 Å². The Morgan fingerprint density at radius 2 is 0.886 bits per heavy atom. The van der Waals surface area contributed by atoms with E-state index < -0.39 is 0 Å². The first-order valence-electron chi connectivity index (χ1n) is 17.1. The van der Waals surface area contributed by atoms with Gasteiger partial charge < -0.3 is 37.9 Å². The average Bonchev–Trinajstić information content (AvgIpc) is 3.03. The Morgan fingerprint density at radius 1 is 0.477 bits per heavy atom. The zero-order valence-corrected chi connectivity index (χ0v) is 27.9. The summed E-state index contributed by atoms with van der Waals surface area (Å²) in [7, 11) is 0. The summed E-state index contributed by atoms with van der Waals surface area (Å²) in [6, 6.07) is 8.45. The molecule has 0 aliphatic carbocycles. The van der Waals surface area contributed by atoms with Crippen LogP contribution in [-0.4, -0.2) is 98.5 Å². The van der Waals surface area contributed by atoms with Crippen LogP contribution in [0.2, 0.25) is 0 Å². The molecule has 256 valence electrons. The molecule has 0 unspecified atom stereocenters. The maximum atomic E-state index is 11.5. The average molecular weight is 627 g/mol. The summed E-state index contributed by atoms with van der Waals surface area (Å²) in [5, 5.41) is 0. The molecule has 9 nitrogen and oxygen atoms in total. The maximum Gasteiger partial charge on any atom is 0.305 e. The van der Waals surface area contributed by atoms with Crippen molar-refractivity contribution in [3.63, 3.8) is 0 Å². The normalized spacial score (nSPS) is 11.2. The number of aryl methyl sites for hydroxylation is 1. The van der Waals surface area contributed by atoms with Gasteiger partial charge in [-0.1, -0.05) is 77.3 Å². The fraction of sp³-hybridized carbons (Fsp3) is 0.800. The molecule has 1 aromatic carbocycles. The number of carbonyl (C=O) groups excluding carboxylic acids is 1. The van der Waals surface area contributed by atoms with E-state index in [0.29, 0.717) is 92.3 Å². The summed E-state index contributed by atoms with van der Waals surface area (Å²) in [5.74, 6) is 0.733. The van der Waals surface area contributed by atoms with Gasteiger partial charge in [-0.05, 0) is 37.0 Å².